The number of hydrogen-bond acceptors (Lipinski definition) is 4. The minimum atomic E-state index is -4.65. The molecule has 0 atom stereocenters. The zero-order valence-electron chi connectivity index (χ0n) is 14.2. The molecule has 5 nitrogen and oxygen atoms in total. The molecule has 2 aromatic carbocycles. The lowest BCUT2D eigenvalue weighted by Crippen LogP contribution is -2.14. The Balaban J connectivity index is 2.23. The molecule has 1 N–H and O–H groups in total. The highest BCUT2D eigenvalue weighted by atomic mass is 32.2. The fraction of sp³-hybridized carbons (Fsp3) is 0.167. The number of ether oxygens (including phenoxy) is 1. The van der Waals surface area contributed by atoms with Gasteiger partial charge in [-0.05, 0) is 48.9 Å². The Morgan fingerprint density at radius 2 is 1.85 bits per heavy atom. The van der Waals surface area contributed by atoms with Crippen molar-refractivity contribution in [1.82, 2.24) is 0 Å². The van der Waals surface area contributed by atoms with Gasteiger partial charge < -0.3 is 4.74 Å². The van der Waals surface area contributed by atoms with E-state index in [1.54, 1.807) is 13.0 Å². The average Bonchev–Trinajstić information content (AvgIpc) is 2.60. The lowest BCUT2D eigenvalue weighted by molar-refractivity contribution is -0.138. The summed E-state index contributed by atoms with van der Waals surface area (Å²) in [6.45, 7) is 1.88. The number of carbonyl (C=O) groups is 1. The summed E-state index contributed by atoms with van der Waals surface area (Å²) in [5, 5.41) is 0. The van der Waals surface area contributed by atoms with Crippen LogP contribution in [0.25, 0.3) is 6.08 Å². The van der Waals surface area contributed by atoms with Gasteiger partial charge in [0.1, 0.15) is 0 Å². The largest absolute Gasteiger partial charge is 0.463 e. The number of esters is 1. The Kier molecular flexibility index (Phi) is 6.27. The van der Waals surface area contributed by atoms with Gasteiger partial charge in [-0.1, -0.05) is 18.2 Å². The quantitative estimate of drug-likeness (QED) is 0.587. The molecule has 2 aromatic rings. The third-order valence-electron chi connectivity index (χ3n) is 3.31. The second kappa shape index (κ2) is 8.26. The van der Waals surface area contributed by atoms with Gasteiger partial charge in [0, 0.05) is 11.8 Å². The summed E-state index contributed by atoms with van der Waals surface area (Å²) in [5.41, 5.74) is -0.415. The summed E-state index contributed by atoms with van der Waals surface area (Å²) in [6.07, 6.45) is -2.03. The van der Waals surface area contributed by atoms with Crippen LogP contribution in [-0.2, 0) is 25.7 Å². The van der Waals surface area contributed by atoms with Gasteiger partial charge in [-0.15, -0.1) is 0 Å². The predicted octanol–water partition coefficient (Wildman–Crippen LogP) is 4.08. The Hall–Kier alpha value is -2.81. The van der Waals surface area contributed by atoms with Crippen molar-refractivity contribution in [2.75, 3.05) is 11.3 Å². The third-order valence-corrected chi connectivity index (χ3v) is 4.69. The maximum Gasteiger partial charge on any atom is 0.416 e. The van der Waals surface area contributed by atoms with E-state index in [9.17, 15) is 26.4 Å². The van der Waals surface area contributed by atoms with Crippen LogP contribution in [0.2, 0.25) is 0 Å². The number of sulfonamides is 1. The Morgan fingerprint density at radius 1 is 1.15 bits per heavy atom. The van der Waals surface area contributed by atoms with Crippen molar-refractivity contribution >= 4 is 27.8 Å². The first-order chi connectivity index (χ1) is 12.6. The monoisotopic (exact) mass is 399 g/mol. The summed E-state index contributed by atoms with van der Waals surface area (Å²) in [4.78, 5) is 10.8. The van der Waals surface area contributed by atoms with Crippen molar-refractivity contribution in [2.24, 2.45) is 0 Å². The predicted molar refractivity (Wildman–Crippen MR) is 94.4 cm³/mol. The normalized spacial score (nSPS) is 12.1. The molecule has 0 unspecified atom stereocenters. The topological polar surface area (TPSA) is 72.5 Å². The van der Waals surface area contributed by atoms with E-state index in [2.05, 4.69) is 4.72 Å². The van der Waals surface area contributed by atoms with Gasteiger partial charge in [-0.3, -0.25) is 4.72 Å². The van der Waals surface area contributed by atoms with Gasteiger partial charge in [0.05, 0.1) is 17.1 Å². The van der Waals surface area contributed by atoms with E-state index in [-0.39, 0.29) is 12.3 Å². The third kappa shape index (κ3) is 5.85. The molecule has 0 aliphatic rings. The fourth-order valence-corrected chi connectivity index (χ4v) is 3.21. The van der Waals surface area contributed by atoms with Crippen molar-refractivity contribution in [2.45, 2.75) is 18.0 Å². The minimum Gasteiger partial charge on any atom is -0.463 e. The number of carbonyl (C=O) groups excluding carboxylic acids is 1. The molecule has 144 valence electrons. The summed E-state index contributed by atoms with van der Waals surface area (Å²) in [6, 6.07) is 9.48. The molecule has 0 radical (unpaired) electrons. The van der Waals surface area contributed by atoms with Crippen molar-refractivity contribution in [3.63, 3.8) is 0 Å². The van der Waals surface area contributed by atoms with Crippen LogP contribution in [0.4, 0.5) is 18.9 Å². The van der Waals surface area contributed by atoms with E-state index < -0.39 is 32.6 Å². The van der Waals surface area contributed by atoms with E-state index in [0.29, 0.717) is 11.6 Å². The number of hydrogen-bond donors (Lipinski definition) is 1. The van der Waals surface area contributed by atoms with E-state index >= 15 is 0 Å². The van der Waals surface area contributed by atoms with Gasteiger partial charge in [0.2, 0.25) is 0 Å². The first-order valence-corrected chi connectivity index (χ1v) is 9.25. The number of alkyl halides is 3. The van der Waals surface area contributed by atoms with Crippen molar-refractivity contribution in [3.8, 4) is 0 Å². The van der Waals surface area contributed by atoms with E-state index in [0.717, 1.165) is 18.2 Å². The highest BCUT2D eigenvalue weighted by Gasteiger charge is 2.31. The molecule has 0 fully saturated rings. The van der Waals surface area contributed by atoms with Crippen LogP contribution in [0, 0.1) is 0 Å². The highest BCUT2D eigenvalue weighted by Crippen LogP contribution is 2.30. The van der Waals surface area contributed by atoms with Crippen LogP contribution in [0.3, 0.4) is 0 Å². The molecule has 0 amide bonds. The number of benzene rings is 2. The van der Waals surface area contributed by atoms with Crippen molar-refractivity contribution in [1.29, 1.82) is 0 Å². The van der Waals surface area contributed by atoms with Crippen LogP contribution >= 0.6 is 0 Å². The summed E-state index contributed by atoms with van der Waals surface area (Å²) in [5.74, 6) is -0.549. The maximum atomic E-state index is 12.8. The molecule has 9 heteroatoms. The van der Waals surface area contributed by atoms with E-state index in [1.807, 2.05) is 0 Å². The van der Waals surface area contributed by atoms with E-state index in [4.69, 9.17) is 4.74 Å². The minimum absolute atomic E-state index is 0.137. The Labute approximate surface area is 154 Å². The summed E-state index contributed by atoms with van der Waals surface area (Å²) >= 11 is 0. The molecule has 0 spiro atoms. The van der Waals surface area contributed by atoms with Gasteiger partial charge in [-0.25, -0.2) is 13.2 Å². The summed E-state index contributed by atoms with van der Waals surface area (Å²) < 4.78 is 70.0. The second-order valence-electron chi connectivity index (χ2n) is 5.34. The van der Waals surface area contributed by atoms with Crippen molar-refractivity contribution < 1.29 is 31.1 Å². The molecule has 0 aliphatic heterocycles. The van der Waals surface area contributed by atoms with Gasteiger partial charge in [-0.2, -0.15) is 13.2 Å². The van der Waals surface area contributed by atoms with Gasteiger partial charge in [0.15, 0.2) is 0 Å². The molecule has 2 rings (SSSR count). The lowest BCUT2D eigenvalue weighted by Gasteiger charge is -2.11. The van der Waals surface area contributed by atoms with Crippen LogP contribution < -0.4 is 4.72 Å². The van der Waals surface area contributed by atoms with Crippen LogP contribution in [0.1, 0.15) is 18.1 Å². The SMILES string of the molecule is CCOC(=O)/C=C/c1cccc(NS(=O)(=O)c2cccc(C(F)(F)F)c2)c1. The number of rotatable bonds is 6. The smallest absolute Gasteiger partial charge is 0.416 e. The maximum absolute atomic E-state index is 12.8. The molecule has 27 heavy (non-hydrogen) atoms. The number of halogens is 3. The van der Waals surface area contributed by atoms with Gasteiger partial charge >= 0.3 is 12.1 Å². The number of anilines is 1. The molecule has 0 saturated carbocycles. The zero-order valence-corrected chi connectivity index (χ0v) is 15.0. The lowest BCUT2D eigenvalue weighted by atomic mass is 10.2. The van der Waals surface area contributed by atoms with Gasteiger partial charge in [0.25, 0.3) is 10.0 Å². The number of nitrogens with one attached hydrogen (secondary N) is 1. The summed E-state index contributed by atoms with van der Waals surface area (Å²) in [7, 11) is -4.22. The molecule has 0 bridgehead atoms. The van der Waals surface area contributed by atoms with Crippen LogP contribution in [-0.4, -0.2) is 21.0 Å². The Bertz CT molecular complexity index is 953. The first-order valence-electron chi connectivity index (χ1n) is 7.77. The standard InChI is InChI=1S/C18H16F3NO4S/c1-2-26-17(23)10-9-13-5-3-7-15(11-13)22-27(24,25)16-8-4-6-14(12-16)18(19,20)21/h3-12,22H,2H2,1H3/b10-9+. The Morgan fingerprint density at radius 3 is 2.52 bits per heavy atom. The second-order valence-corrected chi connectivity index (χ2v) is 7.02. The molecule has 0 saturated heterocycles. The average molecular weight is 399 g/mol. The molecule has 0 aliphatic carbocycles. The first kappa shape index (κ1) is 20.5. The highest BCUT2D eigenvalue weighted by molar-refractivity contribution is 7.92. The molecular formula is C18H16F3NO4S. The van der Waals surface area contributed by atoms with Crippen LogP contribution in [0.5, 0.6) is 0 Å². The molecular weight excluding hydrogens is 383 g/mol. The fourth-order valence-electron chi connectivity index (χ4n) is 2.11. The zero-order chi connectivity index (χ0) is 20.1. The molecule has 0 aromatic heterocycles. The molecule has 0 heterocycles. The van der Waals surface area contributed by atoms with Crippen molar-refractivity contribution in [3.05, 3.63) is 65.7 Å². The van der Waals surface area contributed by atoms with E-state index in [1.165, 1.54) is 30.4 Å². The van der Waals surface area contributed by atoms with Crippen LogP contribution in [0.15, 0.2) is 59.5 Å².